The monoisotopic (exact) mass is 395 g/mol. The second-order valence-corrected chi connectivity index (χ2v) is 9.70. The zero-order chi connectivity index (χ0) is 21.5. The van der Waals surface area contributed by atoms with E-state index in [4.69, 9.17) is 0 Å². The van der Waals surface area contributed by atoms with E-state index in [1.165, 1.54) is 0 Å². The Hall–Kier alpha value is -1.92. The van der Waals surface area contributed by atoms with Crippen molar-refractivity contribution < 1.29 is 19.2 Å². The minimum atomic E-state index is -0.433. The highest BCUT2D eigenvalue weighted by Gasteiger charge is 2.29. The first-order chi connectivity index (χ1) is 12.8. The summed E-state index contributed by atoms with van der Waals surface area (Å²) in [4.78, 5) is 46.0. The van der Waals surface area contributed by atoms with Crippen LogP contribution in [0.2, 0.25) is 0 Å². The molecule has 1 heterocycles. The van der Waals surface area contributed by atoms with Crippen molar-refractivity contribution in [3.63, 3.8) is 0 Å². The summed E-state index contributed by atoms with van der Waals surface area (Å²) in [5.74, 6) is 0.0278. The van der Waals surface area contributed by atoms with Gasteiger partial charge >= 0.3 is 0 Å². The molecule has 1 saturated carbocycles. The van der Waals surface area contributed by atoms with Gasteiger partial charge in [-0.15, -0.1) is 0 Å². The third kappa shape index (κ3) is 7.98. The number of carbonyl (C=O) groups is 4. The molecule has 28 heavy (non-hydrogen) atoms. The van der Waals surface area contributed by atoms with E-state index in [9.17, 15) is 19.2 Å². The molecule has 0 spiro atoms. The topological polar surface area (TPSA) is 104 Å². The maximum Gasteiger partial charge on any atom is 0.242 e. The third-order valence-electron chi connectivity index (χ3n) is 4.81. The average Bonchev–Trinajstić information content (AvgIpc) is 2.58. The van der Waals surface area contributed by atoms with Crippen LogP contribution in [0.1, 0.15) is 80.1 Å². The number of ketones is 1. The standard InChI is InChI=1S/C11H19NO2.C10H18N2O2/c1-11(2,3)10(14)12-8-6-4-5-7-9(8)13;1-10(2,3)9(14)12-7-5-4-6-11-8(7)13/h8H,4-7H2,1-3H3,(H,12,14);7H,4-6H2,1-3H3,(H,11,13)(H,12,14)/t8-;/m0./s1. The van der Waals surface area contributed by atoms with Gasteiger partial charge in [0, 0.05) is 23.8 Å². The van der Waals surface area contributed by atoms with Gasteiger partial charge in [0.25, 0.3) is 0 Å². The second kappa shape index (κ2) is 10.0. The Morgan fingerprint density at radius 1 is 0.821 bits per heavy atom. The molecule has 0 aromatic heterocycles. The van der Waals surface area contributed by atoms with Gasteiger partial charge in [-0.2, -0.15) is 0 Å². The highest BCUT2D eigenvalue weighted by molar-refractivity contribution is 5.91. The zero-order valence-electron chi connectivity index (χ0n) is 18.2. The van der Waals surface area contributed by atoms with Crippen LogP contribution in [0.3, 0.4) is 0 Å². The molecular weight excluding hydrogens is 358 g/mol. The highest BCUT2D eigenvalue weighted by atomic mass is 16.2. The van der Waals surface area contributed by atoms with E-state index in [2.05, 4.69) is 16.0 Å². The number of amides is 3. The summed E-state index contributed by atoms with van der Waals surface area (Å²) in [5, 5.41) is 8.31. The van der Waals surface area contributed by atoms with E-state index < -0.39 is 10.8 Å². The summed E-state index contributed by atoms with van der Waals surface area (Å²) >= 11 is 0. The maximum absolute atomic E-state index is 11.6. The number of carbonyl (C=O) groups excluding carboxylic acids is 4. The van der Waals surface area contributed by atoms with Crippen molar-refractivity contribution in [1.82, 2.24) is 16.0 Å². The van der Waals surface area contributed by atoms with E-state index in [0.717, 1.165) is 38.6 Å². The smallest absolute Gasteiger partial charge is 0.242 e. The van der Waals surface area contributed by atoms with Crippen LogP contribution in [0.25, 0.3) is 0 Å². The van der Waals surface area contributed by atoms with Crippen molar-refractivity contribution in [2.45, 2.75) is 92.2 Å². The molecule has 3 amide bonds. The van der Waals surface area contributed by atoms with Crippen molar-refractivity contribution in [2.24, 2.45) is 10.8 Å². The summed E-state index contributed by atoms with van der Waals surface area (Å²) in [6, 6.07) is -0.564. The van der Waals surface area contributed by atoms with Gasteiger partial charge in [-0.25, -0.2) is 0 Å². The van der Waals surface area contributed by atoms with Crippen LogP contribution in [0.15, 0.2) is 0 Å². The Bertz CT molecular complexity index is 535. The summed E-state index contributed by atoms with van der Waals surface area (Å²) in [7, 11) is 0. The Morgan fingerprint density at radius 3 is 1.79 bits per heavy atom. The molecule has 0 bridgehead atoms. The SMILES string of the molecule is CC(C)(C)C(=O)NC1CCCNC1=O.CC(C)(C)C(=O)N[C@H]1CCCCC1=O. The van der Waals surface area contributed by atoms with Gasteiger partial charge in [-0.1, -0.05) is 48.0 Å². The lowest BCUT2D eigenvalue weighted by Gasteiger charge is -2.26. The zero-order valence-corrected chi connectivity index (χ0v) is 18.2. The number of Topliss-reactive ketones (excluding diaryl/α,β-unsaturated/α-hetero) is 1. The van der Waals surface area contributed by atoms with Gasteiger partial charge in [0.05, 0.1) is 6.04 Å². The minimum absolute atomic E-state index is 0.0299. The quantitative estimate of drug-likeness (QED) is 0.666. The van der Waals surface area contributed by atoms with Crippen LogP contribution in [0.5, 0.6) is 0 Å². The molecule has 1 aliphatic carbocycles. The number of hydrogen-bond acceptors (Lipinski definition) is 4. The van der Waals surface area contributed by atoms with Crippen molar-refractivity contribution in [3.8, 4) is 0 Å². The molecule has 0 aromatic rings. The number of hydrogen-bond donors (Lipinski definition) is 3. The summed E-state index contributed by atoms with van der Waals surface area (Å²) < 4.78 is 0. The highest BCUT2D eigenvalue weighted by Crippen LogP contribution is 2.18. The molecule has 1 saturated heterocycles. The number of piperidine rings is 1. The van der Waals surface area contributed by atoms with Gasteiger partial charge in [0.1, 0.15) is 6.04 Å². The van der Waals surface area contributed by atoms with Crippen LogP contribution in [0.4, 0.5) is 0 Å². The Morgan fingerprint density at radius 2 is 1.32 bits per heavy atom. The van der Waals surface area contributed by atoms with E-state index in [1.54, 1.807) is 0 Å². The fourth-order valence-electron chi connectivity index (χ4n) is 2.79. The number of nitrogens with one attached hydrogen (secondary N) is 3. The fourth-order valence-corrected chi connectivity index (χ4v) is 2.79. The van der Waals surface area contributed by atoms with Crippen LogP contribution >= 0.6 is 0 Å². The lowest BCUT2D eigenvalue weighted by atomic mass is 9.91. The lowest BCUT2D eigenvalue weighted by Crippen LogP contribution is -2.52. The molecule has 0 radical (unpaired) electrons. The molecule has 7 heteroatoms. The van der Waals surface area contributed by atoms with Crippen LogP contribution in [-0.2, 0) is 19.2 Å². The van der Waals surface area contributed by atoms with E-state index in [0.29, 0.717) is 6.42 Å². The van der Waals surface area contributed by atoms with Gasteiger partial charge in [-0.05, 0) is 25.7 Å². The van der Waals surface area contributed by atoms with Crippen LogP contribution < -0.4 is 16.0 Å². The summed E-state index contributed by atoms with van der Waals surface area (Å²) in [6.45, 7) is 11.8. The molecule has 1 unspecified atom stereocenters. The van der Waals surface area contributed by atoms with Crippen LogP contribution in [-0.4, -0.2) is 42.1 Å². The van der Waals surface area contributed by atoms with Crippen molar-refractivity contribution in [1.29, 1.82) is 0 Å². The molecule has 3 N–H and O–H groups in total. The first-order valence-corrected chi connectivity index (χ1v) is 10.2. The van der Waals surface area contributed by atoms with E-state index in [-0.39, 0.29) is 35.6 Å². The minimum Gasteiger partial charge on any atom is -0.354 e. The van der Waals surface area contributed by atoms with Crippen molar-refractivity contribution >= 4 is 23.5 Å². The second-order valence-electron chi connectivity index (χ2n) is 9.70. The lowest BCUT2D eigenvalue weighted by molar-refractivity contribution is -0.134. The van der Waals surface area contributed by atoms with Gasteiger partial charge in [0.2, 0.25) is 17.7 Å². The van der Waals surface area contributed by atoms with Crippen molar-refractivity contribution in [3.05, 3.63) is 0 Å². The average molecular weight is 396 g/mol. The normalized spacial score (nSPS) is 23.1. The molecular formula is C21H37N3O4. The molecule has 2 aliphatic rings. The van der Waals surface area contributed by atoms with Gasteiger partial charge < -0.3 is 16.0 Å². The largest absolute Gasteiger partial charge is 0.354 e. The van der Waals surface area contributed by atoms with Crippen LogP contribution in [0, 0.1) is 10.8 Å². The molecule has 7 nitrogen and oxygen atoms in total. The predicted octanol–water partition coefficient (Wildman–Crippen LogP) is 2.09. The Balaban J connectivity index is 0.000000280. The van der Waals surface area contributed by atoms with E-state index in [1.807, 2.05) is 41.5 Å². The molecule has 2 atom stereocenters. The van der Waals surface area contributed by atoms with Gasteiger partial charge in [-0.3, -0.25) is 19.2 Å². The van der Waals surface area contributed by atoms with Crippen molar-refractivity contribution in [2.75, 3.05) is 6.54 Å². The first-order valence-electron chi connectivity index (χ1n) is 10.2. The van der Waals surface area contributed by atoms with Gasteiger partial charge in [0.15, 0.2) is 5.78 Å². The first kappa shape index (κ1) is 24.1. The fraction of sp³-hybridized carbons (Fsp3) is 0.810. The predicted molar refractivity (Wildman–Crippen MR) is 108 cm³/mol. The molecule has 160 valence electrons. The summed E-state index contributed by atoms with van der Waals surface area (Å²) in [6.07, 6.45) is 5.12. The number of rotatable bonds is 2. The maximum atomic E-state index is 11.6. The Labute approximate surface area is 168 Å². The Kier molecular flexibility index (Phi) is 8.64. The molecule has 1 aliphatic heterocycles. The third-order valence-corrected chi connectivity index (χ3v) is 4.81. The van der Waals surface area contributed by atoms with E-state index >= 15 is 0 Å². The summed E-state index contributed by atoms with van der Waals surface area (Å²) in [5.41, 5.74) is -0.838. The molecule has 2 rings (SSSR count). The molecule has 2 fully saturated rings. The molecule has 0 aromatic carbocycles.